The highest BCUT2D eigenvalue weighted by Crippen LogP contribution is 2.23. The van der Waals surface area contributed by atoms with E-state index in [1.54, 1.807) is 74.1 Å². The van der Waals surface area contributed by atoms with Crippen LogP contribution in [0.15, 0.2) is 65.7 Å². The van der Waals surface area contributed by atoms with Crippen LogP contribution in [0, 0.1) is 19.7 Å². The molecule has 0 radical (unpaired) electrons. The van der Waals surface area contributed by atoms with Gasteiger partial charge >= 0.3 is 0 Å². The van der Waals surface area contributed by atoms with Crippen LogP contribution < -0.4 is 10.3 Å². The topological polar surface area (TPSA) is 90.1 Å². The lowest BCUT2D eigenvalue weighted by Gasteiger charge is -2.17. The molecule has 0 amide bonds. The molecule has 7 nitrogen and oxygen atoms in total. The molecule has 4 aromatic rings. The van der Waals surface area contributed by atoms with E-state index in [0.717, 1.165) is 5.56 Å². The van der Waals surface area contributed by atoms with Gasteiger partial charge in [-0.15, -0.1) is 0 Å². The Morgan fingerprint density at radius 2 is 1.71 bits per heavy atom. The summed E-state index contributed by atoms with van der Waals surface area (Å²) in [6, 6.07) is 13.1. The van der Waals surface area contributed by atoms with Crippen LogP contribution in [0.4, 0.5) is 4.39 Å². The Morgan fingerprint density at radius 3 is 2.41 bits per heavy atom. The number of pyridine rings is 2. The van der Waals surface area contributed by atoms with Crippen LogP contribution in [0.25, 0.3) is 17.1 Å². The van der Waals surface area contributed by atoms with Crippen molar-refractivity contribution in [2.75, 3.05) is 0 Å². The van der Waals surface area contributed by atoms with Gasteiger partial charge in [-0.25, -0.2) is 14.4 Å². The molecule has 0 aliphatic rings. The van der Waals surface area contributed by atoms with E-state index >= 15 is 0 Å². The number of hydrogen-bond acceptors (Lipinski definition) is 6. The zero-order chi connectivity index (χ0) is 24.5. The van der Waals surface area contributed by atoms with Crippen LogP contribution in [0.2, 0.25) is 0 Å². The van der Waals surface area contributed by atoms with Gasteiger partial charge in [-0.3, -0.25) is 14.3 Å². The monoisotopic (exact) mass is 460 g/mol. The predicted molar refractivity (Wildman–Crippen MR) is 126 cm³/mol. The first kappa shape index (κ1) is 23.3. The van der Waals surface area contributed by atoms with Crippen LogP contribution in [0.5, 0.6) is 5.75 Å². The SMILES string of the molecule is Cc1c(OCc2ccc(F)cc2)cc(C)n(-c2ccnc(-c3ccnc(C(C)(C)O)n3)c2)c1=O. The molecule has 0 atom stereocenters. The number of aromatic nitrogens is 4. The maximum atomic E-state index is 13.3. The zero-order valence-corrected chi connectivity index (χ0v) is 19.4. The Bertz CT molecular complexity index is 1390. The second kappa shape index (κ2) is 9.15. The minimum absolute atomic E-state index is 0.217. The van der Waals surface area contributed by atoms with Gasteiger partial charge in [0.25, 0.3) is 5.56 Å². The Labute approximate surface area is 196 Å². The first-order valence-corrected chi connectivity index (χ1v) is 10.8. The van der Waals surface area contributed by atoms with Gasteiger partial charge in [0.15, 0.2) is 5.82 Å². The third-order valence-corrected chi connectivity index (χ3v) is 5.36. The largest absolute Gasteiger partial charge is 0.488 e. The molecule has 1 N–H and O–H groups in total. The number of aliphatic hydroxyl groups is 1. The molecule has 1 aromatic carbocycles. The summed E-state index contributed by atoms with van der Waals surface area (Å²) in [6.07, 6.45) is 3.18. The van der Waals surface area contributed by atoms with Crippen molar-refractivity contribution in [2.24, 2.45) is 0 Å². The first-order chi connectivity index (χ1) is 16.1. The summed E-state index contributed by atoms with van der Waals surface area (Å²) in [4.78, 5) is 26.2. The fraction of sp³-hybridized carbons (Fsp3) is 0.231. The summed E-state index contributed by atoms with van der Waals surface area (Å²) in [5.74, 6) is 0.445. The molecule has 4 rings (SSSR count). The number of aryl methyl sites for hydroxylation is 1. The minimum Gasteiger partial charge on any atom is -0.488 e. The van der Waals surface area contributed by atoms with Gasteiger partial charge in [0.1, 0.15) is 23.8 Å². The second-order valence-electron chi connectivity index (χ2n) is 8.55. The summed E-state index contributed by atoms with van der Waals surface area (Å²) in [6.45, 7) is 6.98. The van der Waals surface area contributed by atoms with Crippen molar-refractivity contribution in [2.45, 2.75) is 39.9 Å². The zero-order valence-electron chi connectivity index (χ0n) is 19.4. The number of nitrogens with zero attached hydrogens (tertiary/aromatic N) is 4. The van der Waals surface area contributed by atoms with Crippen molar-refractivity contribution in [3.05, 3.63) is 99.7 Å². The van der Waals surface area contributed by atoms with E-state index < -0.39 is 5.60 Å². The van der Waals surface area contributed by atoms with E-state index in [-0.39, 0.29) is 23.8 Å². The Morgan fingerprint density at radius 1 is 1.00 bits per heavy atom. The highest BCUT2D eigenvalue weighted by atomic mass is 19.1. The Kier molecular flexibility index (Phi) is 6.26. The molecule has 0 aliphatic carbocycles. The molecular weight excluding hydrogens is 435 g/mol. The minimum atomic E-state index is -1.19. The summed E-state index contributed by atoms with van der Waals surface area (Å²) >= 11 is 0. The molecule has 3 heterocycles. The lowest BCUT2D eigenvalue weighted by molar-refractivity contribution is 0.0688. The Hall–Kier alpha value is -3.91. The fourth-order valence-corrected chi connectivity index (χ4v) is 3.50. The van der Waals surface area contributed by atoms with Crippen LogP contribution in [-0.2, 0) is 12.2 Å². The van der Waals surface area contributed by atoms with Gasteiger partial charge in [-0.05, 0) is 63.6 Å². The molecule has 0 bridgehead atoms. The third-order valence-electron chi connectivity index (χ3n) is 5.36. The van der Waals surface area contributed by atoms with Crippen LogP contribution >= 0.6 is 0 Å². The molecular formula is C26H25FN4O3. The van der Waals surface area contributed by atoms with Gasteiger partial charge in [-0.1, -0.05) is 12.1 Å². The number of benzene rings is 1. The highest BCUT2D eigenvalue weighted by Gasteiger charge is 2.20. The molecule has 8 heteroatoms. The lowest BCUT2D eigenvalue weighted by Crippen LogP contribution is -2.23. The van der Waals surface area contributed by atoms with E-state index in [1.165, 1.54) is 12.1 Å². The van der Waals surface area contributed by atoms with Crippen LogP contribution in [-0.4, -0.2) is 24.6 Å². The smallest absolute Gasteiger partial charge is 0.261 e. The number of halogens is 1. The van der Waals surface area contributed by atoms with Crippen molar-refractivity contribution in [1.29, 1.82) is 0 Å². The van der Waals surface area contributed by atoms with E-state index in [1.807, 2.05) is 6.92 Å². The maximum Gasteiger partial charge on any atom is 0.261 e. The van der Waals surface area contributed by atoms with Crippen molar-refractivity contribution in [1.82, 2.24) is 19.5 Å². The number of ether oxygens (including phenoxy) is 1. The molecule has 174 valence electrons. The van der Waals surface area contributed by atoms with E-state index in [9.17, 15) is 14.3 Å². The summed E-state index contributed by atoms with van der Waals surface area (Å²) in [5, 5.41) is 10.2. The van der Waals surface area contributed by atoms with Gasteiger partial charge in [0, 0.05) is 24.2 Å². The van der Waals surface area contributed by atoms with Gasteiger partial charge in [0.2, 0.25) is 0 Å². The standard InChI is InChI=1S/C26H25FN4O3/c1-16-13-23(34-15-18-5-7-19(27)8-6-18)17(2)24(32)31(16)20-9-11-28-22(14-20)21-10-12-29-25(30-21)26(3,4)33/h5-14,33H,15H2,1-4H3. The van der Waals surface area contributed by atoms with Crippen molar-refractivity contribution in [3.63, 3.8) is 0 Å². The van der Waals surface area contributed by atoms with Crippen molar-refractivity contribution >= 4 is 0 Å². The number of hydrogen-bond donors (Lipinski definition) is 1. The van der Waals surface area contributed by atoms with E-state index in [2.05, 4.69) is 15.0 Å². The third kappa shape index (κ3) is 4.87. The lowest BCUT2D eigenvalue weighted by atomic mass is 10.1. The summed E-state index contributed by atoms with van der Waals surface area (Å²) in [5.41, 5.74) is 2.25. The van der Waals surface area contributed by atoms with Crippen molar-refractivity contribution < 1.29 is 14.2 Å². The molecule has 0 fully saturated rings. The van der Waals surface area contributed by atoms with Crippen LogP contribution in [0.1, 0.15) is 36.5 Å². The molecule has 3 aromatic heterocycles. The molecule has 0 saturated carbocycles. The fourth-order valence-electron chi connectivity index (χ4n) is 3.50. The highest BCUT2D eigenvalue weighted by molar-refractivity contribution is 5.57. The summed E-state index contributed by atoms with van der Waals surface area (Å²) in [7, 11) is 0. The molecule has 0 aliphatic heterocycles. The first-order valence-electron chi connectivity index (χ1n) is 10.8. The Balaban J connectivity index is 1.67. The maximum absolute atomic E-state index is 13.3. The van der Waals surface area contributed by atoms with E-state index in [0.29, 0.717) is 34.1 Å². The summed E-state index contributed by atoms with van der Waals surface area (Å²) < 4.78 is 20.6. The predicted octanol–water partition coefficient (Wildman–Crippen LogP) is 4.25. The normalized spacial score (nSPS) is 11.5. The average molecular weight is 461 g/mol. The second-order valence-corrected chi connectivity index (χ2v) is 8.55. The molecule has 0 saturated heterocycles. The van der Waals surface area contributed by atoms with Gasteiger partial charge < -0.3 is 9.84 Å². The van der Waals surface area contributed by atoms with Gasteiger partial charge in [0.05, 0.1) is 22.6 Å². The van der Waals surface area contributed by atoms with Crippen LogP contribution in [0.3, 0.4) is 0 Å². The molecule has 0 unspecified atom stereocenters. The molecule has 34 heavy (non-hydrogen) atoms. The molecule has 0 spiro atoms. The number of rotatable bonds is 6. The quantitative estimate of drug-likeness (QED) is 0.463. The van der Waals surface area contributed by atoms with E-state index in [4.69, 9.17) is 4.74 Å². The van der Waals surface area contributed by atoms with Crippen molar-refractivity contribution in [3.8, 4) is 22.8 Å². The van der Waals surface area contributed by atoms with Gasteiger partial charge in [-0.2, -0.15) is 0 Å². The average Bonchev–Trinajstić information content (AvgIpc) is 2.81.